The molecule has 4 nitrogen and oxygen atoms in total. The zero-order chi connectivity index (χ0) is 16.0. The Morgan fingerprint density at radius 1 is 1.09 bits per heavy atom. The highest BCUT2D eigenvalue weighted by molar-refractivity contribution is 7.88. The van der Waals surface area contributed by atoms with Crippen molar-refractivity contribution in [1.29, 1.82) is 0 Å². The first-order chi connectivity index (χ1) is 10.5. The molecule has 0 unspecified atom stereocenters. The van der Waals surface area contributed by atoms with Gasteiger partial charge in [-0.15, -0.1) is 0 Å². The first-order valence-corrected chi connectivity index (χ1v) is 8.95. The molecule has 2 rings (SSSR count). The fourth-order valence-corrected chi connectivity index (χ4v) is 3.28. The molecule has 0 fully saturated rings. The van der Waals surface area contributed by atoms with Crippen LogP contribution in [0.4, 0.5) is 0 Å². The second-order valence-electron chi connectivity index (χ2n) is 4.79. The third-order valence-corrected chi connectivity index (χ3v) is 4.51. The van der Waals surface area contributed by atoms with Crippen molar-refractivity contribution in [2.75, 3.05) is 6.61 Å². The minimum Gasteiger partial charge on any atom is -0.494 e. The number of nitrogens with one attached hydrogen (secondary N) is 1. The third kappa shape index (κ3) is 5.33. The predicted molar refractivity (Wildman–Crippen MR) is 88.5 cm³/mol. The van der Waals surface area contributed by atoms with Gasteiger partial charge in [-0.1, -0.05) is 35.9 Å². The highest BCUT2D eigenvalue weighted by atomic mass is 35.5. The molecule has 0 aromatic heterocycles. The molecule has 0 amide bonds. The Morgan fingerprint density at radius 3 is 2.45 bits per heavy atom. The number of ether oxygens (including phenoxy) is 1. The Bertz CT molecular complexity index is 714. The molecule has 2 aromatic carbocycles. The van der Waals surface area contributed by atoms with Crippen LogP contribution in [0.1, 0.15) is 18.1 Å². The minimum atomic E-state index is -3.41. The summed E-state index contributed by atoms with van der Waals surface area (Å²) in [5, 5.41) is 0.527. The maximum atomic E-state index is 12.1. The number of hydrogen-bond donors (Lipinski definition) is 1. The fourth-order valence-electron chi connectivity index (χ4n) is 1.96. The second kappa shape index (κ2) is 7.63. The van der Waals surface area contributed by atoms with Crippen LogP contribution < -0.4 is 9.46 Å². The molecule has 0 spiro atoms. The van der Waals surface area contributed by atoms with E-state index in [1.165, 1.54) is 0 Å². The van der Waals surface area contributed by atoms with Crippen molar-refractivity contribution in [3.05, 3.63) is 64.7 Å². The Morgan fingerprint density at radius 2 is 1.82 bits per heavy atom. The van der Waals surface area contributed by atoms with Crippen LogP contribution in [-0.2, 0) is 22.3 Å². The smallest absolute Gasteiger partial charge is 0.216 e. The summed E-state index contributed by atoms with van der Waals surface area (Å²) >= 11 is 5.86. The second-order valence-corrected chi connectivity index (χ2v) is 7.03. The molecule has 6 heteroatoms. The number of sulfonamides is 1. The Balaban J connectivity index is 1.94. The van der Waals surface area contributed by atoms with Gasteiger partial charge in [-0.2, -0.15) is 0 Å². The number of rotatable bonds is 7. The number of hydrogen-bond acceptors (Lipinski definition) is 3. The van der Waals surface area contributed by atoms with E-state index < -0.39 is 10.0 Å². The summed E-state index contributed by atoms with van der Waals surface area (Å²) in [5.41, 5.74) is 1.53. The molecule has 22 heavy (non-hydrogen) atoms. The Labute approximate surface area is 136 Å². The largest absolute Gasteiger partial charge is 0.494 e. The lowest BCUT2D eigenvalue weighted by molar-refractivity contribution is 0.340. The summed E-state index contributed by atoms with van der Waals surface area (Å²) in [6, 6.07) is 14.2. The lowest BCUT2D eigenvalue weighted by Gasteiger charge is -2.08. The van der Waals surface area contributed by atoms with Gasteiger partial charge in [0.2, 0.25) is 10.0 Å². The van der Waals surface area contributed by atoms with Crippen LogP contribution in [0.15, 0.2) is 48.5 Å². The maximum absolute atomic E-state index is 12.1. The van der Waals surface area contributed by atoms with Gasteiger partial charge in [0.15, 0.2) is 0 Å². The summed E-state index contributed by atoms with van der Waals surface area (Å²) in [5.74, 6) is 0.679. The van der Waals surface area contributed by atoms with Crippen LogP contribution in [0.5, 0.6) is 5.75 Å². The summed E-state index contributed by atoms with van der Waals surface area (Å²) < 4.78 is 32.1. The van der Waals surface area contributed by atoms with Crippen molar-refractivity contribution in [3.8, 4) is 5.75 Å². The molecule has 0 radical (unpaired) electrons. The first kappa shape index (κ1) is 16.8. The molecule has 0 aliphatic rings. The van der Waals surface area contributed by atoms with Gasteiger partial charge in [0, 0.05) is 11.6 Å². The van der Waals surface area contributed by atoms with Crippen molar-refractivity contribution in [2.24, 2.45) is 0 Å². The highest BCUT2D eigenvalue weighted by Gasteiger charge is 2.11. The summed E-state index contributed by atoms with van der Waals surface area (Å²) in [4.78, 5) is 0. The Kier molecular flexibility index (Phi) is 5.83. The van der Waals surface area contributed by atoms with Gasteiger partial charge in [-0.25, -0.2) is 13.1 Å². The molecule has 0 aliphatic carbocycles. The molecule has 1 N–H and O–H groups in total. The molecule has 0 atom stereocenters. The van der Waals surface area contributed by atoms with Gasteiger partial charge in [-0.05, 0) is 42.3 Å². The zero-order valence-electron chi connectivity index (χ0n) is 12.3. The first-order valence-electron chi connectivity index (χ1n) is 6.92. The van der Waals surface area contributed by atoms with E-state index in [1.54, 1.807) is 24.3 Å². The monoisotopic (exact) mass is 339 g/mol. The van der Waals surface area contributed by atoms with E-state index in [2.05, 4.69) is 4.72 Å². The normalized spacial score (nSPS) is 11.4. The van der Waals surface area contributed by atoms with Crippen molar-refractivity contribution in [3.63, 3.8) is 0 Å². The molecule has 0 aliphatic heterocycles. The van der Waals surface area contributed by atoms with Gasteiger partial charge < -0.3 is 4.74 Å². The topological polar surface area (TPSA) is 55.4 Å². The highest BCUT2D eigenvalue weighted by Crippen LogP contribution is 2.14. The molecular formula is C16H18ClNO3S. The van der Waals surface area contributed by atoms with E-state index >= 15 is 0 Å². The number of halogens is 1. The van der Waals surface area contributed by atoms with Gasteiger partial charge in [0.1, 0.15) is 5.75 Å². The molecule has 0 heterocycles. The van der Waals surface area contributed by atoms with E-state index in [-0.39, 0.29) is 12.3 Å². The molecule has 0 bridgehead atoms. The van der Waals surface area contributed by atoms with Gasteiger partial charge in [0.25, 0.3) is 0 Å². The molecule has 118 valence electrons. The predicted octanol–water partition coefficient (Wildman–Crippen LogP) is 3.36. The quantitative estimate of drug-likeness (QED) is 0.841. The van der Waals surface area contributed by atoms with Crippen molar-refractivity contribution in [1.82, 2.24) is 4.72 Å². The summed E-state index contributed by atoms with van der Waals surface area (Å²) in [6.45, 7) is 2.76. The average molecular weight is 340 g/mol. The van der Waals surface area contributed by atoms with Crippen LogP contribution in [0.25, 0.3) is 0 Å². The maximum Gasteiger partial charge on any atom is 0.216 e. The van der Waals surface area contributed by atoms with Crippen molar-refractivity contribution in [2.45, 2.75) is 19.2 Å². The van der Waals surface area contributed by atoms with E-state index in [4.69, 9.17) is 16.3 Å². The van der Waals surface area contributed by atoms with E-state index in [9.17, 15) is 8.42 Å². The van der Waals surface area contributed by atoms with Gasteiger partial charge in [0.05, 0.1) is 12.4 Å². The number of benzene rings is 2. The SMILES string of the molecule is CCOc1ccc(CNS(=O)(=O)Cc2cccc(Cl)c2)cc1. The van der Waals surface area contributed by atoms with Crippen LogP contribution in [0, 0.1) is 0 Å². The van der Waals surface area contributed by atoms with Crippen molar-refractivity contribution >= 4 is 21.6 Å². The molecule has 0 saturated carbocycles. The van der Waals surface area contributed by atoms with Crippen LogP contribution in [0.3, 0.4) is 0 Å². The lowest BCUT2D eigenvalue weighted by atomic mass is 10.2. The van der Waals surface area contributed by atoms with Gasteiger partial charge in [-0.3, -0.25) is 0 Å². The third-order valence-electron chi connectivity index (χ3n) is 2.98. The molecule has 2 aromatic rings. The minimum absolute atomic E-state index is 0.0927. The lowest BCUT2D eigenvalue weighted by Crippen LogP contribution is -2.24. The zero-order valence-corrected chi connectivity index (χ0v) is 13.8. The van der Waals surface area contributed by atoms with E-state index in [1.807, 2.05) is 31.2 Å². The molecular weight excluding hydrogens is 322 g/mol. The van der Waals surface area contributed by atoms with Crippen LogP contribution in [-0.4, -0.2) is 15.0 Å². The molecule has 0 saturated heterocycles. The van der Waals surface area contributed by atoms with E-state index in [0.29, 0.717) is 17.2 Å². The van der Waals surface area contributed by atoms with Crippen LogP contribution >= 0.6 is 11.6 Å². The average Bonchev–Trinajstić information content (AvgIpc) is 2.46. The van der Waals surface area contributed by atoms with Gasteiger partial charge >= 0.3 is 0 Å². The van der Waals surface area contributed by atoms with Crippen LogP contribution in [0.2, 0.25) is 5.02 Å². The standard InChI is InChI=1S/C16H18ClNO3S/c1-2-21-16-8-6-13(7-9-16)11-18-22(19,20)12-14-4-3-5-15(17)10-14/h3-10,18H,2,11-12H2,1H3. The Hall–Kier alpha value is -1.56. The van der Waals surface area contributed by atoms with E-state index in [0.717, 1.165) is 11.3 Å². The summed E-state index contributed by atoms with van der Waals surface area (Å²) in [7, 11) is -3.41. The fraction of sp³-hybridized carbons (Fsp3) is 0.250. The van der Waals surface area contributed by atoms with Crippen molar-refractivity contribution < 1.29 is 13.2 Å². The summed E-state index contributed by atoms with van der Waals surface area (Å²) in [6.07, 6.45) is 0.